The highest BCUT2D eigenvalue weighted by molar-refractivity contribution is 6.42. The summed E-state index contributed by atoms with van der Waals surface area (Å²) in [4.78, 5) is 17.5. The molecule has 156 valence electrons. The molecule has 1 aliphatic rings. The maximum Gasteiger partial charge on any atom is 0.319 e. The Morgan fingerprint density at radius 3 is 2.59 bits per heavy atom. The molecule has 0 bridgehead atoms. The molecular formula is C22H26Cl3N3O. The fraction of sp³-hybridized carbons (Fsp3) is 0.409. The fourth-order valence-electron chi connectivity index (χ4n) is 3.77. The zero-order chi connectivity index (χ0) is 21.0. The molecule has 2 amide bonds. The summed E-state index contributed by atoms with van der Waals surface area (Å²) in [5.41, 5.74) is 1.72. The molecule has 0 aliphatic carbocycles. The van der Waals surface area contributed by atoms with Gasteiger partial charge in [0, 0.05) is 5.02 Å². The van der Waals surface area contributed by atoms with Crippen LogP contribution < -0.4 is 5.32 Å². The van der Waals surface area contributed by atoms with Crippen molar-refractivity contribution < 1.29 is 4.79 Å². The van der Waals surface area contributed by atoms with Gasteiger partial charge in [0.05, 0.1) is 28.8 Å². The van der Waals surface area contributed by atoms with Crippen molar-refractivity contribution in [2.24, 2.45) is 0 Å². The van der Waals surface area contributed by atoms with Crippen LogP contribution in [0.25, 0.3) is 0 Å². The number of benzene rings is 2. The van der Waals surface area contributed by atoms with E-state index in [1.807, 2.05) is 48.2 Å². The van der Waals surface area contributed by atoms with Crippen LogP contribution in [0, 0.1) is 0 Å². The van der Waals surface area contributed by atoms with Gasteiger partial charge in [-0.25, -0.2) is 4.79 Å². The highest BCUT2D eigenvalue weighted by Crippen LogP contribution is 2.30. The molecule has 29 heavy (non-hydrogen) atoms. The summed E-state index contributed by atoms with van der Waals surface area (Å²) in [5.74, 6) is 0. The Labute approximate surface area is 187 Å². The monoisotopic (exact) mass is 453 g/mol. The smallest absolute Gasteiger partial charge is 0.319 e. The lowest BCUT2D eigenvalue weighted by atomic mass is 10.1. The van der Waals surface area contributed by atoms with Crippen LogP contribution in [0.5, 0.6) is 0 Å². The van der Waals surface area contributed by atoms with Gasteiger partial charge < -0.3 is 10.2 Å². The van der Waals surface area contributed by atoms with Gasteiger partial charge in [-0.3, -0.25) is 4.90 Å². The Kier molecular flexibility index (Phi) is 7.69. The number of hydrogen-bond acceptors (Lipinski definition) is 2. The molecule has 0 radical (unpaired) electrons. The minimum absolute atomic E-state index is 0.0158. The number of nitrogens with zero attached hydrogens (tertiary/aromatic N) is 2. The summed E-state index contributed by atoms with van der Waals surface area (Å²) in [7, 11) is 2.06. The molecule has 1 saturated heterocycles. The van der Waals surface area contributed by atoms with E-state index in [9.17, 15) is 4.79 Å². The zero-order valence-electron chi connectivity index (χ0n) is 16.7. The van der Waals surface area contributed by atoms with Crippen LogP contribution >= 0.6 is 34.8 Å². The van der Waals surface area contributed by atoms with E-state index >= 15 is 0 Å². The lowest BCUT2D eigenvalue weighted by molar-refractivity contribution is 0.0498. The quantitative estimate of drug-likeness (QED) is 0.570. The Morgan fingerprint density at radius 1 is 1.14 bits per heavy atom. The first-order valence-electron chi connectivity index (χ1n) is 9.83. The molecule has 1 aliphatic heterocycles. The van der Waals surface area contributed by atoms with Gasteiger partial charge in [-0.2, -0.15) is 0 Å². The molecule has 7 heteroatoms. The molecule has 3 rings (SSSR count). The molecule has 1 fully saturated rings. The SMILES string of the molecule is CC(NC(=O)N(Cc1ccccc1Cl)C1CCCCN1C)c1cccc(Cl)c1Cl. The topological polar surface area (TPSA) is 35.6 Å². The third-order valence-electron chi connectivity index (χ3n) is 5.44. The number of carbonyl (C=O) groups is 1. The van der Waals surface area contributed by atoms with E-state index < -0.39 is 0 Å². The fourth-order valence-corrected chi connectivity index (χ4v) is 4.44. The van der Waals surface area contributed by atoms with Crippen LogP contribution in [0.3, 0.4) is 0 Å². The van der Waals surface area contributed by atoms with Crippen molar-refractivity contribution in [2.75, 3.05) is 13.6 Å². The van der Waals surface area contributed by atoms with Crippen LogP contribution in [0.2, 0.25) is 15.1 Å². The average Bonchev–Trinajstić information content (AvgIpc) is 2.70. The third-order valence-corrected chi connectivity index (χ3v) is 6.64. The normalized spacial score (nSPS) is 18.3. The van der Waals surface area contributed by atoms with Crippen molar-refractivity contribution in [3.63, 3.8) is 0 Å². The first kappa shape index (κ1) is 22.2. The van der Waals surface area contributed by atoms with Gasteiger partial charge in [0.2, 0.25) is 0 Å². The summed E-state index contributed by atoms with van der Waals surface area (Å²) in [6.45, 7) is 3.32. The van der Waals surface area contributed by atoms with Gasteiger partial charge >= 0.3 is 6.03 Å². The van der Waals surface area contributed by atoms with Crippen molar-refractivity contribution in [2.45, 2.75) is 44.9 Å². The highest BCUT2D eigenvalue weighted by Gasteiger charge is 2.30. The second-order valence-electron chi connectivity index (χ2n) is 7.49. The molecule has 2 unspecified atom stereocenters. The van der Waals surface area contributed by atoms with E-state index in [4.69, 9.17) is 34.8 Å². The number of amides is 2. The molecule has 2 aromatic carbocycles. The molecular weight excluding hydrogens is 429 g/mol. The van der Waals surface area contributed by atoms with E-state index in [-0.39, 0.29) is 18.2 Å². The second kappa shape index (κ2) is 10.0. The van der Waals surface area contributed by atoms with Crippen LogP contribution in [0.1, 0.15) is 43.4 Å². The van der Waals surface area contributed by atoms with Gasteiger partial charge in [-0.15, -0.1) is 0 Å². The van der Waals surface area contributed by atoms with E-state index in [2.05, 4.69) is 17.3 Å². The summed E-state index contributed by atoms with van der Waals surface area (Å²) in [6, 6.07) is 12.7. The molecule has 0 aromatic heterocycles. The van der Waals surface area contributed by atoms with Crippen LogP contribution in [0.15, 0.2) is 42.5 Å². The van der Waals surface area contributed by atoms with Crippen LogP contribution in [-0.4, -0.2) is 35.6 Å². The Hall–Kier alpha value is -1.46. The summed E-state index contributed by atoms with van der Waals surface area (Å²) in [6.07, 6.45) is 3.18. The average molecular weight is 455 g/mol. The number of hydrogen-bond donors (Lipinski definition) is 1. The maximum absolute atomic E-state index is 13.4. The molecule has 2 aromatic rings. The predicted molar refractivity (Wildman–Crippen MR) is 121 cm³/mol. The lowest BCUT2D eigenvalue weighted by Gasteiger charge is -2.41. The number of carbonyl (C=O) groups excluding carboxylic acids is 1. The molecule has 0 saturated carbocycles. The van der Waals surface area contributed by atoms with Gasteiger partial charge in [0.1, 0.15) is 0 Å². The first-order valence-corrected chi connectivity index (χ1v) is 11.0. The number of halogens is 3. The number of nitrogens with one attached hydrogen (secondary N) is 1. The Bertz CT molecular complexity index is 861. The summed E-state index contributed by atoms with van der Waals surface area (Å²) >= 11 is 18.9. The minimum Gasteiger partial charge on any atom is -0.331 e. The number of likely N-dealkylation sites (tertiary alicyclic amines) is 1. The van der Waals surface area contributed by atoms with Gasteiger partial charge in [0.25, 0.3) is 0 Å². The van der Waals surface area contributed by atoms with Gasteiger partial charge in [-0.05, 0) is 63.0 Å². The molecule has 4 nitrogen and oxygen atoms in total. The van der Waals surface area contributed by atoms with E-state index in [0.29, 0.717) is 21.6 Å². The van der Waals surface area contributed by atoms with Crippen LogP contribution in [-0.2, 0) is 6.54 Å². The molecule has 0 spiro atoms. The number of piperidine rings is 1. The van der Waals surface area contributed by atoms with Crippen LogP contribution in [0.4, 0.5) is 4.79 Å². The van der Waals surface area contributed by atoms with E-state index in [1.165, 1.54) is 0 Å². The summed E-state index contributed by atoms with van der Waals surface area (Å²) in [5, 5.41) is 4.70. The minimum atomic E-state index is -0.281. The van der Waals surface area contributed by atoms with E-state index in [0.717, 1.165) is 36.9 Å². The van der Waals surface area contributed by atoms with Gasteiger partial charge in [0.15, 0.2) is 0 Å². The zero-order valence-corrected chi connectivity index (χ0v) is 18.9. The van der Waals surface area contributed by atoms with Crippen molar-refractivity contribution in [1.82, 2.24) is 15.1 Å². The first-order chi connectivity index (χ1) is 13.9. The largest absolute Gasteiger partial charge is 0.331 e. The van der Waals surface area contributed by atoms with Gasteiger partial charge in [-0.1, -0.05) is 65.1 Å². The predicted octanol–water partition coefficient (Wildman–Crippen LogP) is 6.36. The third kappa shape index (κ3) is 5.37. The molecule has 1 N–H and O–H groups in total. The number of urea groups is 1. The van der Waals surface area contributed by atoms with Crippen molar-refractivity contribution in [3.05, 3.63) is 68.7 Å². The second-order valence-corrected chi connectivity index (χ2v) is 8.68. The standard InChI is InChI=1S/C22H26Cl3N3O/c1-15(17-9-7-11-19(24)21(17)25)26-22(29)28(20-12-5-6-13-27(20)2)14-16-8-3-4-10-18(16)23/h3-4,7-11,15,20H,5-6,12-14H2,1-2H3,(H,26,29). The van der Waals surface area contributed by atoms with Crippen molar-refractivity contribution >= 4 is 40.8 Å². The Balaban J connectivity index is 1.83. The highest BCUT2D eigenvalue weighted by atomic mass is 35.5. The van der Waals surface area contributed by atoms with Crippen molar-refractivity contribution in [3.8, 4) is 0 Å². The lowest BCUT2D eigenvalue weighted by Crippen LogP contribution is -2.54. The molecule has 2 atom stereocenters. The summed E-state index contributed by atoms with van der Waals surface area (Å²) < 4.78 is 0. The molecule has 1 heterocycles. The Morgan fingerprint density at radius 2 is 1.86 bits per heavy atom. The van der Waals surface area contributed by atoms with Crippen molar-refractivity contribution in [1.29, 1.82) is 0 Å². The van der Waals surface area contributed by atoms with E-state index in [1.54, 1.807) is 6.07 Å². The number of rotatable bonds is 5. The maximum atomic E-state index is 13.4.